The van der Waals surface area contributed by atoms with Crippen molar-refractivity contribution in [3.63, 3.8) is 0 Å². The van der Waals surface area contributed by atoms with Crippen molar-refractivity contribution in [2.45, 2.75) is 32.0 Å². The summed E-state index contributed by atoms with van der Waals surface area (Å²) >= 11 is 0. The maximum atomic E-state index is 5.41. The predicted octanol–water partition coefficient (Wildman–Crippen LogP) is 2.11. The molecule has 1 saturated heterocycles. The van der Waals surface area contributed by atoms with Gasteiger partial charge in [-0.1, -0.05) is 12.1 Å². The summed E-state index contributed by atoms with van der Waals surface area (Å²) in [5.41, 5.74) is 2.30. The summed E-state index contributed by atoms with van der Waals surface area (Å²) in [5, 5.41) is 3.50. The molecular formula is C14H19N3O. The van der Waals surface area contributed by atoms with E-state index in [0.29, 0.717) is 12.1 Å². The number of rotatable bonds is 3. The molecule has 2 aromatic rings. The summed E-state index contributed by atoms with van der Waals surface area (Å²) in [6.45, 7) is 4.03. The largest absolute Gasteiger partial charge is 0.380 e. The highest BCUT2D eigenvalue weighted by Crippen LogP contribution is 2.27. The topological polar surface area (TPSA) is 39.1 Å². The molecule has 0 amide bonds. The molecule has 4 heteroatoms. The Hall–Kier alpha value is -1.39. The lowest BCUT2D eigenvalue weighted by Crippen LogP contribution is -2.18. The third kappa shape index (κ3) is 1.82. The molecule has 2 atom stereocenters. The average Bonchev–Trinajstić information content (AvgIpc) is 3.02. The number of methoxy groups -OCH3 is 1. The first kappa shape index (κ1) is 11.7. The van der Waals surface area contributed by atoms with Gasteiger partial charge < -0.3 is 14.6 Å². The molecule has 2 unspecified atom stereocenters. The quantitative estimate of drug-likeness (QED) is 0.900. The fourth-order valence-electron chi connectivity index (χ4n) is 2.77. The molecule has 1 aromatic heterocycles. The summed E-state index contributed by atoms with van der Waals surface area (Å²) in [5.74, 6) is 1.14. The summed E-state index contributed by atoms with van der Waals surface area (Å²) in [7, 11) is 1.78. The van der Waals surface area contributed by atoms with E-state index in [1.165, 1.54) is 5.52 Å². The van der Waals surface area contributed by atoms with Crippen LogP contribution in [-0.4, -0.2) is 29.3 Å². The summed E-state index contributed by atoms with van der Waals surface area (Å²) in [6.07, 6.45) is 1.31. The lowest BCUT2D eigenvalue weighted by Gasteiger charge is -2.12. The second-order valence-corrected chi connectivity index (χ2v) is 4.76. The molecule has 1 aliphatic heterocycles. The molecule has 4 nitrogen and oxygen atoms in total. The Kier molecular flexibility index (Phi) is 3.06. The van der Waals surface area contributed by atoms with Gasteiger partial charge in [-0.15, -0.1) is 0 Å². The minimum atomic E-state index is 0.306. The second kappa shape index (κ2) is 4.71. The van der Waals surface area contributed by atoms with Crippen molar-refractivity contribution in [2.75, 3.05) is 13.7 Å². The highest BCUT2D eigenvalue weighted by molar-refractivity contribution is 5.76. The van der Waals surface area contributed by atoms with Crippen LogP contribution in [0.2, 0.25) is 0 Å². The van der Waals surface area contributed by atoms with Crippen LogP contribution in [0.4, 0.5) is 0 Å². The molecule has 2 heterocycles. The van der Waals surface area contributed by atoms with Crippen LogP contribution in [0.5, 0.6) is 0 Å². The summed E-state index contributed by atoms with van der Waals surface area (Å²) in [6, 6.07) is 8.63. The van der Waals surface area contributed by atoms with Crippen molar-refractivity contribution in [3.05, 3.63) is 30.1 Å². The number of para-hydroxylation sites is 2. The van der Waals surface area contributed by atoms with Crippen LogP contribution in [0.3, 0.4) is 0 Å². The maximum Gasteiger partial charge on any atom is 0.127 e. The number of aromatic nitrogens is 2. The van der Waals surface area contributed by atoms with Gasteiger partial charge in [-0.3, -0.25) is 0 Å². The van der Waals surface area contributed by atoms with Gasteiger partial charge in [0.1, 0.15) is 5.82 Å². The number of benzene rings is 1. The molecule has 1 aliphatic rings. The summed E-state index contributed by atoms with van der Waals surface area (Å²) in [4.78, 5) is 4.78. The molecule has 1 aromatic carbocycles. The van der Waals surface area contributed by atoms with Gasteiger partial charge in [-0.25, -0.2) is 4.98 Å². The first-order valence-electron chi connectivity index (χ1n) is 6.54. The maximum absolute atomic E-state index is 5.41. The van der Waals surface area contributed by atoms with Crippen LogP contribution < -0.4 is 5.32 Å². The molecule has 0 saturated carbocycles. The number of hydrogen-bond acceptors (Lipinski definition) is 3. The van der Waals surface area contributed by atoms with E-state index in [-0.39, 0.29) is 0 Å². The highest BCUT2D eigenvalue weighted by atomic mass is 16.5. The molecular weight excluding hydrogens is 226 g/mol. The number of hydrogen-bond donors (Lipinski definition) is 1. The van der Waals surface area contributed by atoms with E-state index in [1.807, 2.05) is 6.07 Å². The lowest BCUT2D eigenvalue weighted by atomic mass is 10.2. The Morgan fingerprint density at radius 2 is 2.28 bits per heavy atom. The zero-order valence-corrected chi connectivity index (χ0v) is 10.9. The molecule has 1 N–H and O–H groups in total. The van der Waals surface area contributed by atoms with E-state index in [0.717, 1.165) is 30.9 Å². The SMILES string of the molecule is CCn1c(C2CC(OC)CN2)nc2ccccc21. The Morgan fingerprint density at radius 1 is 1.44 bits per heavy atom. The third-order valence-corrected chi connectivity index (χ3v) is 3.74. The van der Waals surface area contributed by atoms with E-state index < -0.39 is 0 Å². The zero-order chi connectivity index (χ0) is 12.5. The lowest BCUT2D eigenvalue weighted by molar-refractivity contribution is 0.117. The van der Waals surface area contributed by atoms with Crippen molar-refractivity contribution in [1.29, 1.82) is 0 Å². The minimum Gasteiger partial charge on any atom is -0.380 e. The van der Waals surface area contributed by atoms with Gasteiger partial charge in [-0.2, -0.15) is 0 Å². The van der Waals surface area contributed by atoms with Crippen molar-refractivity contribution in [2.24, 2.45) is 0 Å². The van der Waals surface area contributed by atoms with Crippen molar-refractivity contribution >= 4 is 11.0 Å². The van der Waals surface area contributed by atoms with Crippen LogP contribution in [0.1, 0.15) is 25.2 Å². The van der Waals surface area contributed by atoms with Crippen LogP contribution in [0, 0.1) is 0 Å². The normalized spacial score (nSPS) is 23.9. The molecule has 18 heavy (non-hydrogen) atoms. The number of imidazole rings is 1. The van der Waals surface area contributed by atoms with Crippen LogP contribution in [0.15, 0.2) is 24.3 Å². The standard InChI is InChI=1S/C14H19N3O/c1-3-17-13-7-5-4-6-11(13)16-14(17)12-8-10(18-2)9-15-12/h4-7,10,12,15H,3,8-9H2,1-2H3. The smallest absolute Gasteiger partial charge is 0.127 e. The number of ether oxygens (including phenoxy) is 1. The number of nitrogens with one attached hydrogen (secondary N) is 1. The highest BCUT2D eigenvalue weighted by Gasteiger charge is 2.28. The average molecular weight is 245 g/mol. The van der Waals surface area contributed by atoms with Crippen LogP contribution in [-0.2, 0) is 11.3 Å². The number of fused-ring (bicyclic) bond motifs is 1. The molecule has 0 bridgehead atoms. The van der Waals surface area contributed by atoms with Gasteiger partial charge in [0.2, 0.25) is 0 Å². The van der Waals surface area contributed by atoms with Crippen LogP contribution >= 0.6 is 0 Å². The van der Waals surface area contributed by atoms with E-state index >= 15 is 0 Å². The van der Waals surface area contributed by atoms with Gasteiger partial charge in [0.15, 0.2) is 0 Å². The molecule has 1 fully saturated rings. The van der Waals surface area contributed by atoms with Crippen molar-refractivity contribution in [3.8, 4) is 0 Å². The monoisotopic (exact) mass is 245 g/mol. The first-order valence-corrected chi connectivity index (χ1v) is 6.54. The Labute approximate surface area is 107 Å². The van der Waals surface area contributed by atoms with Crippen molar-refractivity contribution in [1.82, 2.24) is 14.9 Å². The molecule has 96 valence electrons. The predicted molar refractivity (Wildman–Crippen MR) is 71.6 cm³/mol. The molecule has 0 aliphatic carbocycles. The van der Waals surface area contributed by atoms with E-state index in [9.17, 15) is 0 Å². The Balaban J connectivity index is 2.01. The van der Waals surface area contributed by atoms with Gasteiger partial charge >= 0.3 is 0 Å². The number of nitrogens with zero attached hydrogens (tertiary/aromatic N) is 2. The summed E-state index contributed by atoms with van der Waals surface area (Å²) < 4.78 is 7.71. The molecule has 3 rings (SSSR count). The van der Waals surface area contributed by atoms with Crippen molar-refractivity contribution < 1.29 is 4.74 Å². The fourth-order valence-corrected chi connectivity index (χ4v) is 2.77. The third-order valence-electron chi connectivity index (χ3n) is 3.74. The van der Waals surface area contributed by atoms with Gasteiger partial charge in [0, 0.05) is 20.2 Å². The molecule has 0 radical (unpaired) electrons. The van der Waals surface area contributed by atoms with Crippen LogP contribution in [0.25, 0.3) is 11.0 Å². The minimum absolute atomic E-state index is 0.306. The van der Waals surface area contributed by atoms with E-state index in [4.69, 9.17) is 9.72 Å². The Morgan fingerprint density at radius 3 is 3.00 bits per heavy atom. The Bertz CT molecular complexity index is 549. The van der Waals surface area contributed by atoms with E-state index in [1.54, 1.807) is 7.11 Å². The molecule has 0 spiro atoms. The number of aryl methyl sites for hydroxylation is 1. The van der Waals surface area contributed by atoms with Gasteiger partial charge in [0.25, 0.3) is 0 Å². The van der Waals surface area contributed by atoms with Gasteiger partial charge in [-0.05, 0) is 25.5 Å². The first-order chi connectivity index (χ1) is 8.83. The fraction of sp³-hybridized carbons (Fsp3) is 0.500. The zero-order valence-electron chi connectivity index (χ0n) is 10.9. The second-order valence-electron chi connectivity index (χ2n) is 4.76. The van der Waals surface area contributed by atoms with Gasteiger partial charge in [0.05, 0.1) is 23.2 Å². The van der Waals surface area contributed by atoms with E-state index in [2.05, 4.69) is 35.0 Å².